The molecule has 3 heteroatoms. The summed E-state index contributed by atoms with van der Waals surface area (Å²) in [5.41, 5.74) is 2.24. The molecule has 0 N–H and O–H groups in total. The van der Waals surface area contributed by atoms with Gasteiger partial charge in [-0.05, 0) is 37.0 Å². The van der Waals surface area contributed by atoms with E-state index in [4.69, 9.17) is 9.73 Å². The average molecular weight is 308 g/mol. The number of rotatable bonds is 1. The highest BCUT2D eigenvalue weighted by Gasteiger charge is 2.53. The third kappa shape index (κ3) is 1.84. The van der Waals surface area contributed by atoms with Crippen molar-refractivity contribution in [3.63, 3.8) is 0 Å². The van der Waals surface area contributed by atoms with Gasteiger partial charge in [-0.2, -0.15) is 0 Å². The van der Waals surface area contributed by atoms with Gasteiger partial charge in [0.15, 0.2) is 5.72 Å². The molecule has 0 bridgehead atoms. The molecule has 0 amide bonds. The van der Waals surface area contributed by atoms with Crippen LogP contribution in [0.25, 0.3) is 0 Å². The van der Waals surface area contributed by atoms with Crippen LogP contribution >= 0.6 is 15.9 Å². The molecule has 96 valence electrons. The van der Waals surface area contributed by atoms with Gasteiger partial charge in [0.25, 0.3) is 0 Å². The van der Waals surface area contributed by atoms with Crippen LogP contribution in [0.2, 0.25) is 0 Å². The minimum atomic E-state index is -0.268. The summed E-state index contributed by atoms with van der Waals surface area (Å²) in [7, 11) is 0. The lowest BCUT2D eigenvalue weighted by molar-refractivity contribution is -0.0654. The van der Waals surface area contributed by atoms with Crippen LogP contribution in [0.15, 0.2) is 33.7 Å². The van der Waals surface area contributed by atoms with Gasteiger partial charge in [0.1, 0.15) is 0 Å². The monoisotopic (exact) mass is 307 g/mol. The Bertz CT molecular complexity index is 484. The van der Waals surface area contributed by atoms with Gasteiger partial charge in [-0.25, -0.2) is 0 Å². The lowest BCUT2D eigenvalue weighted by Crippen LogP contribution is -2.38. The van der Waals surface area contributed by atoms with Crippen LogP contribution in [0, 0.1) is 5.41 Å². The third-order valence-corrected chi connectivity index (χ3v) is 4.69. The molecule has 2 aliphatic heterocycles. The Balaban J connectivity index is 1.97. The zero-order valence-corrected chi connectivity index (χ0v) is 12.5. The first-order valence-corrected chi connectivity index (χ1v) is 7.30. The number of halogens is 1. The Kier molecular flexibility index (Phi) is 2.87. The Hall–Kier alpha value is -0.670. The van der Waals surface area contributed by atoms with E-state index in [0.29, 0.717) is 0 Å². The van der Waals surface area contributed by atoms with Crippen LogP contribution in [0.3, 0.4) is 0 Å². The number of aliphatic imine (C=N–C) groups is 1. The van der Waals surface area contributed by atoms with Crippen molar-refractivity contribution in [1.82, 2.24) is 0 Å². The fourth-order valence-corrected chi connectivity index (χ4v) is 3.29. The van der Waals surface area contributed by atoms with Crippen LogP contribution in [-0.2, 0) is 4.74 Å². The van der Waals surface area contributed by atoms with Crippen molar-refractivity contribution >= 4 is 21.6 Å². The Morgan fingerprint density at radius 3 is 2.56 bits per heavy atom. The summed E-state index contributed by atoms with van der Waals surface area (Å²) < 4.78 is 7.10. The first-order valence-electron chi connectivity index (χ1n) is 6.51. The summed E-state index contributed by atoms with van der Waals surface area (Å²) >= 11 is 3.47. The lowest BCUT2D eigenvalue weighted by Gasteiger charge is -2.34. The van der Waals surface area contributed by atoms with E-state index in [1.54, 1.807) is 0 Å². The molecule has 1 aromatic carbocycles. The van der Waals surface area contributed by atoms with Gasteiger partial charge in [-0.3, -0.25) is 4.99 Å². The fourth-order valence-electron chi connectivity index (χ4n) is 3.02. The third-order valence-electron chi connectivity index (χ3n) is 4.16. The SMILES string of the molecule is CC1(C)CC(c2ccc(Br)cc2)=NC12CCCO2. The van der Waals surface area contributed by atoms with Crippen molar-refractivity contribution in [3.8, 4) is 0 Å². The van der Waals surface area contributed by atoms with Crippen molar-refractivity contribution in [2.24, 2.45) is 10.4 Å². The zero-order valence-electron chi connectivity index (χ0n) is 10.9. The quantitative estimate of drug-likeness (QED) is 0.763. The Labute approximate surface area is 117 Å². The predicted octanol–water partition coefficient (Wildman–Crippen LogP) is 4.17. The molecule has 1 saturated heterocycles. The maximum Gasteiger partial charge on any atom is 0.164 e. The van der Waals surface area contributed by atoms with Crippen molar-refractivity contribution in [3.05, 3.63) is 34.3 Å². The molecule has 1 aromatic rings. The molecule has 1 unspecified atom stereocenters. The van der Waals surface area contributed by atoms with Crippen molar-refractivity contribution in [2.45, 2.75) is 38.8 Å². The lowest BCUT2D eigenvalue weighted by atomic mass is 9.78. The maximum atomic E-state index is 6.00. The van der Waals surface area contributed by atoms with Gasteiger partial charge in [-0.15, -0.1) is 0 Å². The zero-order chi connectivity index (χ0) is 12.8. The summed E-state index contributed by atoms with van der Waals surface area (Å²) in [6, 6.07) is 8.41. The van der Waals surface area contributed by atoms with E-state index in [9.17, 15) is 0 Å². The molecule has 1 fully saturated rings. The second-order valence-corrected chi connectivity index (χ2v) is 6.78. The number of nitrogens with zero attached hydrogens (tertiary/aromatic N) is 1. The van der Waals surface area contributed by atoms with E-state index in [1.807, 2.05) is 0 Å². The van der Waals surface area contributed by atoms with E-state index in [1.165, 1.54) is 11.3 Å². The van der Waals surface area contributed by atoms with Crippen LogP contribution < -0.4 is 0 Å². The molecular weight excluding hydrogens is 290 g/mol. The van der Waals surface area contributed by atoms with Crippen molar-refractivity contribution < 1.29 is 4.74 Å². The van der Waals surface area contributed by atoms with Crippen LogP contribution in [-0.4, -0.2) is 18.0 Å². The Morgan fingerprint density at radius 1 is 1.22 bits per heavy atom. The van der Waals surface area contributed by atoms with Crippen LogP contribution in [0.4, 0.5) is 0 Å². The first kappa shape index (κ1) is 12.4. The van der Waals surface area contributed by atoms with Crippen molar-refractivity contribution in [2.75, 3.05) is 6.61 Å². The average Bonchev–Trinajstić information content (AvgIpc) is 2.88. The van der Waals surface area contributed by atoms with E-state index >= 15 is 0 Å². The van der Waals surface area contributed by atoms with Crippen molar-refractivity contribution in [1.29, 1.82) is 0 Å². The van der Waals surface area contributed by atoms with Gasteiger partial charge < -0.3 is 4.74 Å². The molecule has 0 aliphatic carbocycles. The molecule has 1 spiro atoms. The second-order valence-electron chi connectivity index (χ2n) is 5.86. The molecule has 0 saturated carbocycles. The molecule has 0 aromatic heterocycles. The minimum absolute atomic E-state index is 0.103. The largest absolute Gasteiger partial charge is 0.353 e. The summed E-state index contributed by atoms with van der Waals surface area (Å²) in [6.07, 6.45) is 3.18. The molecular formula is C15H18BrNO. The maximum absolute atomic E-state index is 6.00. The molecule has 2 nitrogen and oxygen atoms in total. The number of hydrogen-bond donors (Lipinski definition) is 0. The van der Waals surface area contributed by atoms with Gasteiger partial charge in [0, 0.05) is 22.2 Å². The minimum Gasteiger partial charge on any atom is -0.353 e. The smallest absolute Gasteiger partial charge is 0.164 e. The molecule has 3 rings (SSSR count). The molecule has 0 radical (unpaired) electrons. The highest BCUT2D eigenvalue weighted by molar-refractivity contribution is 9.10. The Morgan fingerprint density at radius 2 is 1.94 bits per heavy atom. The number of benzene rings is 1. The summed E-state index contributed by atoms with van der Waals surface area (Å²) in [6.45, 7) is 5.39. The van der Waals surface area contributed by atoms with Crippen LogP contribution in [0.1, 0.15) is 38.7 Å². The van der Waals surface area contributed by atoms with Gasteiger partial charge in [0.05, 0.1) is 0 Å². The summed E-state index contributed by atoms with van der Waals surface area (Å²) in [5.74, 6) is 0. The molecule has 1 atom stereocenters. The number of hydrogen-bond acceptors (Lipinski definition) is 2. The van der Waals surface area contributed by atoms with E-state index < -0.39 is 0 Å². The topological polar surface area (TPSA) is 21.6 Å². The first-order chi connectivity index (χ1) is 8.52. The highest BCUT2D eigenvalue weighted by Crippen LogP contribution is 2.50. The number of ether oxygens (including phenoxy) is 1. The van der Waals surface area contributed by atoms with E-state index in [-0.39, 0.29) is 11.1 Å². The molecule has 2 aliphatic rings. The van der Waals surface area contributed by atoms with E-state index in [2.05, 4.69) is 54.0 Å². The van der Waals surface area contributed by atoms with Crippen LogP contribution in [0.5, 0.6) is 0 Å². The summed E-state index contributed by atoms with van der Waals surface area (Å²) in [4.78, 5) is 4.95. The highest BCUT2D eigenvalue weighted by atomic mass is 79.9. The van der Waals surface area contributed by atoms with Gasteiger partial charge >= 0.3 is 0 Å². The van der Waals surface area contributed by atoms with Gasteiger partial charge in [0.2, 0.25) is 0 Å². The molecule has 18 heavy (non-hydrogen) atoms. The van der Waals surface area contributed by atoms with Gasteiger partial charge in [-0.1, -0.05) is 41.9 Å². The summed E-state index contributed by atoms with van der Waals surface area (Å²) in [5, 5.41) is 0. The normalized spacial score (nSPS) is 29.8. The standard InChI is InChI=1S/C15H18BrNO/c1-14(2)10-13(11-4-6-12(16)7-5-11)17-15(14)8-3-9-18-15/h4-7H,3,8-10H2,1-2H3. The van der Waals surface area contributed by atoms with E-state index in [0.717, 1.165) is 30.3 Å². The fraction of sp³-hybridized carbons (Fsp3) is 0.533. The molecule has 2 heterocycles. The predicted molar refractivity (Wildman–Crippen MR) is 77.0 cm³/mol. The second kappa shape index (κ2) is 4.17.